The van der Waals surface area contributed by atoms with E-state index >= 15 is 0 Å². The predicted octanol–water partition coefficient (Wildman–Crippen LogP) is 2.71. The molecule has 3 rings (SSSR count). The Morgan fingerprint density at radius 1 is 1.12 bits per heavy atom. The molecule has 1 aliphatic rings. The highest BCUT2D eigenvalue weighted by Crippen LogP contribution is 2.39. The van der Waals surface area contributed by atoms with Crippen LogP contribution in [0.5, 0.6) is 0 Å². The van der Waals surface area contributed by atoms with E-state index in [9.17, 15) is 4.79 Å². The number of benzene rings is 1. The summed E-state index contributed by atoms with van der Waals surface area (Å²) in [7, 11) is 0. The second-order valence-corrected chi connectivity index (χ2v) is 3.69. The first-order valence-electron chi connectivity index (χ1n) is 5.05. The molecule has 0 aliphatic carbocycles. The van der Waals surface area contributed by atoms with Crippen molar-refractivity contribution in [2.75, 3.05) is 4.90 Å². The van der Waals surface area contributed by atoms with E-state index in [0.29, 0.717) is 5.57 Å². The Hall–Kier alpha value is -2.29. The SMILES string of the molecule is C=C1C(=O)N(c2ccc[nH]2)c2ccccc21. The van der Waals surface area contributed by atoms with Crippen molar-refractivity contribution in [3.63, 3.8) is 0 Å². The summed E-state index contributed by atoms with van der Waals surface area (Å²) in [5.41, 5.74) is 2.34. The first kappa shape index (κ1) is 8.97. The number of anilines is 2. The lowest BCUT2D eigenvalue weighted by atomic mass is 10.1. The van der Waals surface area contributed by atoms with Gasteiger partial charge in [0.05, 0.1) is 5.69 Å². The molecule has 1 aromatic heterocycles. The number of amides is 1. The van der Waals surface area contributed by atoms with Crippen molar-refractivity contribution in [1.29, 1.82) is 0 Å². The molecule has 0 unspecified atom stereocenters. The van der Waals surface area contributed by atoms with E-state index in [-0.39, 0.29) is 5.91 Å². The van der Waals surface area contributed by atoms with Crippen molar-refractivity contribution < 1.29 is 4.79 Å². The quantitative estimate of drug-likeness (QED) is 0.722. The highest BCUT2D eigenvalue weighted by atomic mass is 16.2. The molecule has 1 amide bonds. The minimum atomic E-state index is -0.0661. The number of H-pyrrole nitrogens is 1. The lowest BCUT2D eigenvalue weighted by molar-refractivity contribution is -0.112. The Morgan fingerprint density at radius 2 is 1.94 bits per heavy atom. The summed E-state index contributed by atoms with van der Waals surface area (Å²) in [6.07, 6.45) is 1.80. The Labute approximate surface area is 93.0 Å². The number of hydrogen-bond donors (Lipinski definition) is 1. The zero-order chi connectivity index (χ0) is 11.1. The van der Waals surface area contributed by atoms with Crippen LogP contribution in [0.4, 0.5) is 11.5 Å². The fourth-order valence-corrected chi connectivity index (χ4v) is 1.98. The topological polar surface area (TPSA) is 36.1 Å². The molecule has 0 saturated heterocycles. The van der Waals surface area contributed by atoms with Crippen LogP contribution in [0.25, 0.3) is 5.57 Å². The summed E-state index contributed by atoms with van der Waals surface area (Å²) in [6.45, 7) is 3.83. The van der Waals surface area contributed by atoms with Gasteiger partial charge in [0, 0.05) is 17.3 Å². The van der Waals surface area contributed by atoms with Crippen molar-refractivity contribution in [1.82, 2.24) is 4.98 Å². The van der Waals surface area contributed by atoms with Crippen molar-refractivity contribution in [2.45, 2.75) is 0 Å². The predicted molar refractivity (Wildman–Crippen MR) is 63.4 cm³/mol. The van der Waals surface area contributed by atoms with Crippen LogP contribution in [0, 0.1) is 0 Å². The summed E-state index contributed by atoms with van der Waals surface area (Å²) in [5, 5.41) is 0. The minimum Gasteiger partial charge on any atom is -0.348 e. The molecule has 3 heteroatoms. The van der Waals surface area contributed by atoms with E-state index in [1.165, 1.54) is 0 Å². The van der Waals surface area contributed by atoms with Gasteiger partial charge in [-0.15, -0.1) is 0 Å². The summed E-state index contributed by atoms with van der Waals surface area (Å²) in [5.74, 6) is 0.708. The number of rotatable bonds is 1. The zero-order valence-electron chi connectivity index (χ0n) is 8.60. The molecule has 0 saturated carbocycles. The Morgan fingerprint density at radius 3 is 2.69 bits per heavy atom. The molecule has 1 aromatic carbocycles. The van der Waals surface area contributed by atoms with E-state index in [4.69, 9.17) is 0 Å². The van der Waals surface area contributed by atoms with Crippen LogP contribution in [0.3, 0.4) is 0 Å². The Kier molecular flexibility index (Phi) is 1.74. The molecule has 0 fully saturated rings. The second kappa shape index (κ2) is 3.10. The monoisotopic (exact) mass is 210 g/mol. The molecule has 16 heavy (non-hydrogen) atoms. The maximum Gasteiger partial charge on any atom is 0.264 e. The van der Waals surface area contributed by atoms with Crippen molar-refractivity contribution in [2.24, 2.45) is 0 Å². The van der Waals surface area contributed by atoms with E-state index in [0.717, 1.165) is 17.1 Å². The number of fused-ring (bicyclic) bond motifs is 1. The lowest BCUT2D eigenvalue weighted by Gasteiger charge is -2.14. The first-order valence-corrected chi connectivity index (χ1v) is 5.05. The number of carbonyl (C=O) groups excluding carboxylic acids is 1. The van der Waals surface area contributed by atoms with Gasteiger partial charge in [0.25, 0.3) is 5.91 Å². The number of nitrogens with zero attached hydrogens (tertiary/aromatic N) is 1. The van der Waals surface area contributed by atoms with Crippen LogP contribution in [-0.4, -0.2) is 10.9 Å². The smallest absolute Gasteiger partial charge is 0.264 e. The highest BCUT2D eigenvalue weighted by molar-refractivity contribution is 6.34. The number of carbonyl (C=O) groups is 1. The summed E-state index contributed by atoms with van der Waals surface area (Å²) >= 11 is 0. The number of aromatic amines is 1. The molecule has 2 aromatic rings. The third-order valence-corrected chi connectivity index (χ3v) is 2.75. The van der Waals surface area contributed by atoms with Crippen LogP contribution in [-0.2, 0) is 4.79 Å². The maximum atomic E-state index is 12.1. The molecular formula is C13H10N2O. The summed E-state index contributed by atoms with van der Waals surface area (Å²) < 4.78 is 0. The van der Waals surface area contributed by atoms with Crippen LogP contribution in [0.2, 0.25) is 0 Å². The number of hydrogen-bond acceptors (Lipinski definition) is 1. The van der Waals surface area contributed by atoms with Gasteiger partial charge in [-0.3, -0.25) is 9.69 Å². The van der Waals surface area contributed by atoms with Gasteiger partial charge in [-0.2, -0.15) is 0 Å². The van der Waals surface area contributed by atoms with E-state index < -0.39 is 0 Å². The third-order valence-electron chi connectivity index (χ3n) is 2.75. The molecule has 2 heterocycles. The van der Waals surface area contributed by atoms with Crippen molar-refractivity contribution in [3.05, 3.63) is 54.7 Å². The molecular weight excluding hydrogens is 200 g/mol. The van der Waals surface area contributed by atoms with Gasteiger partial charge in [0.2, 0.25) is 0 Å². The molecule has 0 spiro atoms. The largest absolute Gasteiger partial charge is 0.348 e. The zero-order valence-corrected chi connectivity index (χ0v) is 8.60. The van der Waals surface area contributed by atoms with E-state index in [1.54, 1.807) is 11.1 Å². The molecule has 0 radical (unpaired) electrons. The first-order chi connectivity index (χ1) is 7.79. The Bertz CT molecular complexity index is 569. The summed E-state index contributed by atoms with van der Waals surface area (Å²) in [6, 6.07) is 11.4. The van der Waals surface area contributed by atoms with Crippen LogP contribution in [0.1, 0.15) is 5.56 Å². The number of aromatic nitrogens is 1. The second-order valence-electron chi connectivity index (χ2n) is 3.69. The van der Waals surface area contributed by atoms with Crippen LogP contribution in [0.15, 0.2) is 49.2 Å². The minimum absolute atomic E-state index is 0.0661. The van der Waals surface area contributed by atoms with Crippen LogP contribution >= 0.6 is 0 Å². The van der Waals surface area contributed by atoms with Crippen LogP contribution < -0.4 is 4.90 Å². The molecule has 0 bridgehead atoms. The van der Waals surface area contributed by atoms with Gasteiger partial charge in [-0.25, -0.2) is 0 Å². The fraction of sp³-hybridized carbons (Fsp3) is 0. The average molecular weight is 210 g/mol. The molecule has 1 N–H and O–H groups in total. The number of para-hydroxylation sites is 1. The molecule has 0 atom stereocenters. The average Bonchev–Trinajstić information content (AvgIpc) is 2.89. The lowest BCUT2D eigenvalue weighted by Crippen LogP contribution is -2.20. The van der Waals surface area contributed by atoms with E-state index in [1.807, 2.05) is 36.4 Å². The molecule has 3 nitrogen and oxygen atoms in total. The molecule has 1 aliphatic heterocycles. The third kappa shape index (κ3) is 1.05. The van der Waals surface area contributed by atoms with Crippen molar-refractivity contribution >= 4 is 23.0 Å². The maximum absolute atomic E-state index is 12.1. The molecule has 78 valence electrons. The van der Waals surface area contributed by atoms with Crippen molar-refractivity contribution in [3.8, 4) is 0 Å². The fourth-order valence-electron chi connectivity index (χ4n) is 1.98. The van der Waals surface area contributed by atoms with Gasteiger partial charge in [-0.05, 0) is 18.2 Å². The van der Waals surface area contributed by atoms with Gasteiger partial charge >= 0.3 is 0 Å². The van der Waals surface area contributed by atoms with Gasteiger partial charge < -0.3 is 4.98 Å². The van der Waals surface area contributed by atoms with Gasteiger partial charge in [0.1, 0.15) is 5.82 Å². The Balaban J connectivity index is 2.22. The van der Waals surface area contributed by atoms with E-state index in [2.05, 4.69) is 11.6 Å². The van der Waals surface area contributed by atoms with Gasteiger partial charge in [-0.1, -0.05) is 24.8 Å². The summed E-state index contributed by atoms with van der Waals surface area (Å²) in [4.78, 5) is 16.8. The number of nitrogens with one attached hydrogen (secondary N) is 1. The standard InChI is InChI=1S/C13H10N2O/c1-9-10-5-2-3-6-11(10)15(13(9)16)12-7-4-8-14-12/h2-8,14H,1H2. The highest BCUT2D eigenvalue weighted by Gasteiger charge is 2.31. The normalized spacial score (nSPS) is 14.4. The van der Waals surface area contributed by atoms with Gasteiger partial charge in [0.15, 0.2) is 0 Å².